The molecule has 0 aliphatic carbocycles. The monoisotopic (exact) mass is 227 g/mol. The highest BCUT2D eigenvalue weighted by atomic mass is 15.0. The first-order valence-corrected chi connectivity index (χ1v) is 5.91. The van der Waals surface area contributed by atoms with Crippen LogP contribution in [-0.4, -0.2) is 11.1 Å². The number of fused-ring (bicyclic) bond motifs is 1. The molecule has 0 bridgehead atoms. The Kier molecular flexibility index (Phi) is 3.16. The number of aromatic nitrogens is 1. The van der Waals surface area contributed by atoms with Gasteiger partial charge >= 0.3 is 0 Å². The van der Waals surface area contributed by atoms with Crippen molar-refractivity contribution < 1.29 is 0 Å². The van der Waals surface area contributed by atoms with Gasteiger partial charge in [0.25, 0.3) is 0 Å². The molecule has 0 fully saturated rings. The summed E-state index contributed by atoms with van der Waals surface area (Å²) in [5.74, 6) is 0. The van der Waals surface area contributed by atoms with E-state index in [9.17, 15) is 5.26 Å². The highest BCUT2D eigenvalue weighted by Gasteiger charge is 2.12. The zero-order chi connectivity index (χ0) is 12.4. The quantitative estimate of drug-likeness (QED) is 0.876. The number of benzene rings is 1. The van der Waals surface area contributed by atoms with Crippen molar-refractivity contribution >= 4 is 10.9 Å². The average Bonchev–Trinajstić information content (AvgIpc) is 2.69. The summed E-state index contributed by atoms with van der Waals surface area (Å²) in [5.41, 5.74) is 8.68. The Balaban J connectivity index is 2.77. The minimum atomic E-state index is 0.387. The molecular formula is C14H17N3. The summed E-state index contributed by atoms with van der Waals surface area (Å²) in [6.07, 6.45) is 2.94. The van der Waals surface area contributed by atoms with Crippen molar-refractivity contribution in [3.63, 3.8) is 0 Å². The molecule has 1 aromatic heterocycles. The summed E-state index contributed by atoms with van der Waals surface area (Å²) in [6.45, 7) is 4.90. The largest absolute Gasteiger partial charge is 0.345 e. The fourth-order valence-electron chi connectivity index (χ4n) is 2.26. The van der Waals surface area contributed by atoms with Gasteiger partial charge in [-0.05, 0) is 44.5 Å². The summed E-state index contributed by atoms with van der Waals surface area (Å²) in [5, 5.41) is 10.2. The molecule has 0 radical (unpaired) electrons. The molecule has 0 aliphatic heterocycles. The Bertz CT molecular complexity index is 573. The van der Waals surface area contributed by atoms with Crippen LogP contribution < -0.4 is 5.73 Å². The topological polar surface area (TPSA) is 54.7 Å². The SMILES string of the molecule is CC(C)n1cc(CCN)c2c(C#N)cccc21. The van der Waals surface area contributed by atoms with E-state index < -0.39 is 0 Å². The predicted octanol–water partition coefficient (Wildman–Crippen LogP) is 2.60. The number of rotatable bonds is 3. The molecule has 0 spiro atoms. The molecule has 1 heterocycles. The fraction of sp³-hybridized carbons (Fsp3) is 0.357. The molecule has 0 saturated carbocycles. The number of nitriles is 1. The predicted molar refractivity (Wildman–Crippen MR) is 69.8 cm³/mol. The fourth-order valence-corrected chi connectivity index (χ4v) is 2.26. The minimum absolute atomic E-state index is 0.387. The van der Waals surface area contributed by atoms with Gasteiger partial charge in [0.1, 0.15) is 0 Å². The summed E-state index contributed by atoms with van der Waals surface area (Å²) < 4.78 is 2.21. The Morgan fingerprint density at radius 2 is 2.18 bits per heavy atom. The first-order valence-electron chi connectivity index (χ1n) is 5.91. The van der Waals surface area contributed by atoms with E-state index >= 15 is 0 Å². The van der Waals surface area contributed by atoms with Crippen LogP contribution in [0.1, 0.15) is 31.0 Å². The molecule has 88 valence electrons. The van der Waals surface area contributed by atoms with E-state index in [0.717, 1.165) is 22.9 Å². The van der Waals surface area contributed by atoms with Gasteiger partial charge in [-0.1, -0.05) is 6.07 Å². The standard InChI is InChI=1S/C14H17N3/c1-10(2)17-9-12(6-7-15)14-11(8-16)4-3-5-13(14)17/h3-5,9-10H,6-7,15H2,1-2H3. The van der Waals surface area contributed by atoms with E-state index in [0.29, 0.717) is 12.6 Å². The van der Waals surface area contributed by atoms with Crippen molar-refractivity contribution in [2.45, 2.75) is 26.3 Å². The molecular weight excluding hydrogens is 210 g/mol. The van der Waals surface area contributed by atoms with Crippen molar-refractivity contribution in [1.82, 2.24) is 4.57 Å². The van der Waals surface area contributed by atoms with Gasteiger partial charge in [0.05, 0.1) is 11.6 Å². The van der Waals surface area contributed by atoms with Crippen molar-refractivity contribution in [1.29, 1.82) is 5.26 Å². The lowest BCUT2D eigenvalue weighted by atomic mass is 10.1. The molecule has 2 aromatic rings. The van der Waals surface area contributed by atoms with Gasteiger partial charge in [-0.3, -0.25) is 0 Å². The lowest BCUT2D eigenvalue weighted by Gasteiger charge is -2.08. The number of hydrogen-bond donors (Lipinski definition) is 1. The summed E-state index contributed by atoms with van der Waals surface area (Å²) in [4.78, 5) is 0. The number of hydrogen-bond acceptors (Lipinski definition) is 2. The van der Waals surface area contributed by atoms with Gasteiger partial charge in [-0.15, -0.1) is 0 Å². The van der Waals surface area contributed by atoms with Crippen LogP contribution in [0.2, 0.25) is 0 Å². The van der Waals surface area contributed by atoms with Gasteiger partial charge < -0.3 is 10.3 Å². The summed E-state index contributed by atoms with van der Waals surface area (Å²) >= 11 is 0. The van der Waals surface area contributed by atoms with Gasteiger partial charge in [0.2, 0.25) is 0 Å². The Hall–Kier alpha value is -1.79. The van der Waals surface area contributed by atoms with Crippen LogP contribution >= 0.6 is 0 Å². The first kappa shape index (κ1) is 11.7. The van der Waals surface area contributed by atoms with Gasteiger partial charge in [0, 0.05) is 23.1 Å². The molecule has 0 amide bonds. The van der Waals surface area contributed by atoms with Crippen LogP contribution in [0.3, 0.4) is 0 Å². The number of nitrogens with two attached hydrogens (primary N) is 1. The second-order valence-corrected chi connectivity index (χ2v) is 4.51. The third-order valence-electron chi connectivity index (χ3n) is 3.03. The second-order valence-electron chi connectivity index (χ2n) is 4.51. The van der Waals surface area contributed by atoms with E-state index in [4.69, 9.17) is 5.73 Å². The maximum Gasteiger partial charge on any atom is 0.0998 e. The molecule has 17 heavy (non-hydrogen) atoms. The lowest BCUT2D eigenvalue weighted by molar-refractivity contribution is 0.621. The molecule has 0 unspecified atom stereocenters. The van der Waals surface area contributed by atoms with E-state index in [1.807, 2.05) is 12.1 Å². The Morgan fingerprint density at radius 3 is 2.76 bits per heavy atom. The second kappa shape index (κ2) is 4.60. The Morgan fingerprint density at radius 1 is 1.41 bits per heavy atom. The first-order chi connectivity index (χ1) is 8.19. The van der Waals surface area contributed by atoms with Crippen LogP contribution in [0.4, 0.5) is 0 Å². The minimum Gasteiger partial charge on any atom is -0.345 e. The van der Waals surface area contributed by atoms with Gasteiger partial charge in [-0.25, -0.2) is 0 Å². The van der Waals surface area contributed by atoms with Crippen LogP contribution in [0.5, 0.6) is 0 Å². The lowest BCUT2D eigenvalue weighted by Crippen LogP contribution is -2.02. The van der Waals surface area contributed by atoms with Gasteiger partial charge in [-0.2, -0.15) is 5.26 Å². The van der Waals surface area contributed by atoms with Crippen LogP contribution in [0.25, 0.3) is 10.9 Å². The van der Waals surface area contributed by atoms with Crippen molar-refractivity contribution in [2.24, 2.45) is 5.73 Å². The summed E-state index contributed by atoms with van der Waals surface area (Å²) in [7, 11) is 0. The smallest absolute Gasteiger partial charge is 0.0998 e. The van der Waals surface area contributed by atoms with Crippen LogP contribution in [0.15, 0.2) is 24.4 Å². The summed E-state index contributed by atoms with van der Waals surface area (Å²) in [6, 6.07) is 8.52. The van der Waals surface area contributed by atoms with Crippen molar-refractivity contribution in [2.75, 3.05) is 6.54 Å². The normalized spacial score (nSPS) is 11.0. The molecule has 3 heteroatoms. The Labute approximate surface area is 101 Å². The molecule has 3 nitrogen and oxygen atoms in total. The van der Waals surface area contributed by atoms with Crippen molar-refractivity contribution in [3.8, 4) is 6.07 Å². The molecule has 0 aliphatic rings. The highest BCUT2D eigenvalue weighted by Crippen LogP contribution is 2.27. The highest BCUT2D eigenvalue weighted by molar-refractivity contribution is 5.89. The maximum atomic E-state index is 9.19. The van der Waals surface area contributed by atoms with Crippen LogP contribution in [-0.2, 0) is 6.42 Å². The molecule has 0 atom stereocenters. The average molecular weight is 227 g/mol. The van der Waals surface area contributed by atoms with Crippen molar-refractivity contribution in [3.05, 3.63) is 35.5 Å². The maximum absolute atomic E-state index is 9.19. The van der Waals surface area contributed by atoms with Gasteiger partial charge in [0.15, 0.2) is 0 Å². The molecule has 2 N–H and O–H groups in total. The zero-order valence-corrected chi connectivity index (χ0v) is 10.3. The van der Waals surface area contributed by atoms with E-state index in [1.54, 1.807) is 0 Å². The van der Waals surface area contributed by atoms with Crippen LogP contribution in [0, 0.1) is 11.3 Å². The zero-order valence-electron chi connectivity index (χ0n) is 10.3. The third kappa shape index (κ3) is 1.92. The van der Waals surface area contributed by atoms with E-state index in [2.05, 4.69) is 36.7 Å². The van der Waals surface area contributed by atoms with E-state index in [1.165, 1.54) is 5.56 Å². The number of nitrogens with zero attached hydrogens (tertiary/aromatic N) is 2. The molecule has 2 rings (SSSR count). The third-order valence-corrected chi connectivity index (χ3v) is 3.03. The van der Waals surface area contributed by atoms with E-state index in [-0.39, 0.29) is 0 Å². The molecule has 1 aromatic carbocycles. The molecule has 0 saturated heterocycles.